The van der Waals surface area contributed by atoms with Gasteiger partial charge in [-0.25, -0.2) is 8.42 Å². The van der Waals surface area contributed by atoms with Gasteiger partial charge in [-0.15, -0.1) is 0 Å². The van der Waals surface area contributed by atoms with Crippen molar-refractivity contribution >= 4 is 16.0 Å². The quantitative estimate of drug-likeness (QED) is 0.370. The first kappa shape index (κ1) is 23.4. The third kappa shape index (κ3) is 7.16. The van der Waals surface area contributed by atoms with Crippen molar-refractivity contribution in [2.24, 2.45) is 4.99 Å². The number of halogens is 3. The van der Waals surface area contributed by atoms with Crippen LogP contribution in [0.5, 0.6) is 0 Å². The van der Waals surface area contributed by atoms with Gasteiger partial charge in [-0.1, -0.05) is 30.3 Å². The van der Waals surface area contributed by atoms with Crippen LogP contribution in [0.1, 0.15) is 25.3 Å². The number of piperidine rings is 1. The molecule has 0 unspecified atom stereocenters. The molecule has 1 aliphatic rings. The molecule has 1 heterocycles. The number of guanidine groups is 1. The molecule has 2 N–H and O–H groups in total. The molecule has 0 amide bonds. The maximum Gasteiger partial charge on any atom is 0.511 e. The molecule has 2 rings (SSSR count). The van der Waals surface area contributed by atoms with E-state index >= 15 is 0 Å². The van der Waals surface area contributed by atoms with Crippen LogP contribution in [0.2, 0.25) is 0 Å². The van der Waals surface area contributed by atoms with Gasteiger partial charge in [-0.3, -0.25) is 4.99 Å². The number of sulfonamides is 1. The molecule has 1 aromatic rings. The first-order valence-corrected chi connectivity index (χ1v) is 10.9. The molecule has 29 heavy (non-hydrogen) atoms. The Kier molecular flexibility index (Phi) is 8.72. The highest BCUT2D eigenvalue weighted by Gasteiger charge is 2.50. The second kappa shape index (κ2) is 10.8. The number of nitrogens with one attached hydrogen (secondary N) is 2. The van der Waals surface area contributed by atoms with Crippen molar-refractivity contribution in [3.05, 3.63) is 35.9 Å². The smallest absolute Gasteiger partial charge is 0.375 e. The van der Waals surface area contributed by atoms with Gasteiger partial charge in [0.15, 0.2) is 5.96 Å². The average molecular weight is 437 g/mol. The molecule has 0 spiro atoms. The van der Waals surface area contributed by atoms with Crippen LogP contribution in [0.4, 0.5) is 13.2 Å². The minimum Gasteiger partial charge on any atom is -0.375 e. The second-order valence-corrected chi connectivity index (χ2v) is 8.50. The number of nitrogens with zero attached hydrogens (tertiary/aromatic N) is 2. The maximum absolute atomic E-state index is 12.6. The van der Waals surface area contributed by atoms with Gasteiger partial charge in [-0.2, -0.15) is 17.5 Å². The van der Waals surface area contributed by atoms with Crippen LogP contribution in [0.3, 0.4) is 0 Å². The van der Waals surface area contributed by atoms with Gasteiger partial charge in [0.25, 0.3) is 0 Å². The van der Waals surface area contributed by atoms with E-state index in [2.05, 4.69) is 15.6 Å². The lowest BCUT2D eigenvalue weighted by atomic mass is 10.1. The van der Waals surface area contributed by atoms with Gasteiger partial charge in [-0.05, 0) is 25.3 Å². The lowest BCUT2D eigenvalue weighted by molar-refractivity contribution is -0.0494. The van der Waals surface area contributed by atoms with E-state index in [-0.39, 0.29) is 32.0 Å². The number of hydrogen-bond acceptors (Lipinski definition) is 4. The third-order valence-corrected chi connectivity index (χ3v) is 6.02. The van der Waals surface area contributed by atoms with E-state index in [4.69, 9.17) is 4.74 Å². The van der Waals surface area contributed by atoms with E-state index in [1.54, 1.807) is 0 Å². The zero-order chi connectivity index (χ0) is 21.3. The molecule has 1 aromatic carbocycles. The minimum atomic E-state index is -5.26. The molecular weight excluding hydrogens is 409 g/mol. The SMILES string of the molecule is CCNC(=NCCOCc1ccccc1)NC1CCN(S(=O)(=O)C(F)(F)F)CC1. The topological polar surface area (TPSA) is 83.0 Å². The summed E-state index contributed by atoms with van der Waals surface area (Å²) in [5, 5.41) is 6.23. The summed E-state index contributed by atoms with van der Waals surface area (Å²) in [7, 11) is -5.26. The van der Waals surface area contributed by atoms with Crippen LogP contribution in [0.25, 0.3) is 0 Å². The molecule has 7 nitrogen and oxygen atoms in total. The van der Waals surface area contributed by atoms with Gasteiger partial charge in [0.05, 0.1) is 19.8 Å². The standard InChI is InChI=1S/C18H27F3N4O3S/c1-2-22-17(23-10-13-28-14-15-6-4-3-5-7-15)24-16-8-11-25(12-9-16)29(26,27)18(19,20)21/h3-7,16H,2,8-14H2,1H3,(H2,22,23,24). The molecule has 0 saturated carbocycles. The zero-order valence-corrected chi connectivity index (χ0v) is 17.1. The van der Waals surface area contributed by atoms with Crippen LogP contribution in [0, 0.1) is 0 Å². The summed E-state index contributed by atoms with van der Waals surface area (Å²) < 4.78 is 67.0. The van der Waals surface area contributed by atoms with E-state index in [0.29, 0.717) is 36.6 Å². The van der Waals surface area contributed by atoms with Crippen molar-refractivity contribution in [1.82, 2.24) is 14.9 Å². The van der Waals surface area contributed by atoms with Crippen molar-refractivity contribution in [1.29, 1.82) is 0 Å². The summed E-state index contributed by atoms with van der Waals surface area (Å²) >= 11 is 0. The predicted octanol–water partition coefficient (Wildman–Crippen LogP) is 2.07. The van der Waals surface area contributed by atoms with E-state index in [0.717, 1.165) is 5.56 Å². The molecule has 1 fully saturated rings. The summed E-state index contributed by atoms with van der Waals surface area (Å²) in [6, 6.07) is 9.61. The Balaban J connectivity index is 1.78. The summed E-state index contributed by atoms with van der Waals surface area (Å²) in [4.78, 5) is 4.40. The Hall–Kier alpha value is -1.85. The van der Waals surface area contributed by atoms with Gasteiger partial charge in [0.2, 0.25) is 0 Å². The Labute approximate surface area is 169 Å². The number of rotatable bonds is 8. The maximum atomic E-state index is 12.6. The highest BCUT2D eigenvalue weighted by molar-refractivity contribution is 7.90. The third-order valence-electron chi connectivity index (χ3n) is 4.39. The number of ether oxygens (including phenoxy) is 1. The van der Waals surface area contributed by atoms with E-state index < -0.39 is 15.5 Å². The summed E-state index contributed by atoms with van der Waals surface area (Å²) in [5.74, 6) is 0.535. The molecule has 0 aliphatic carbocycles. The van der Waals surface area contributed by atoms with Crippen LogP contribution < -0.4 is 10.6 Å². The van der Waals surface area contributed by atoms with Gasteiger partial charge in [0, 0.05) is 25.7 Å². The summed E-state index contributed by atoms with van der Waals surface area (Å²) in [5.41, 5.74) is -4.19. The van der Waals surface area contributed by atoms with Gasteiger partial charge < -0.3 is 15.4 Å². The molecule has 1 aliphatic heterocycles. The molecule has 0 radical (unpaired) electrons. The van der Waals surface area contributed by atoms with Crippen molar-refractivity contribution in [2.45, 2.75) is 37.9 Å². The van der Waals surface area contributed by atoms with E-state index in [9.17, 15) is 21.6 Å². The largest absolute Gasteiger partial charge is 0.511 e. The Morgan fingerprint density at radius 1 is 1.24 bits per heavy atom. The Bertz CT molecular complexity index is 749. The fraction of sp³-hybridized carbons (Fsp3) is 0.611. The molecular formula is C18H27F3N4O3S. The van der Waals surface area contributed by atoms with Crippen molar-refractivity contribution in [3.63, 3.8) is 0 Å². The highest BCUT2D eigenvalue weighted by atomic mass is 32.2. The van der Waals surface area contributed by atoms with Crippen molar-refractivity contribution < 1.29 is 26.3 Å². The van der Waals surface area contributed by atoms with Crippen LogP contribution in [-0.2, 0) is 21.4 Å². The van der Waals surface area contributed by atoms with E-state index in [1.807, 2.05) is 37.3 Å². The fourth-order valence-electron chi connectivity index (χ4n) is 2.89. The molecule has 0 bridgehead atoms. The summed E-state index contributed by atoms with van der Waals surface area (Å²) in [6.07, 6.45) is 0.536. The van der Waals surface area contributed by atoms with Crippen LogP contribution in [0.15, 0.2) is 35.3 Å². The van der Waals surface area contributed by atoms with Crippen molar-refractivity contribution in [3.8, 4) is 0 Å². The van der Waals surface area contributed by atoms with Crippen molar-refractivity contribution in [2.75, 3.05) is 32.8 Å². The first-order valence-electron chi connectivity index (χ1n) is 9.47. The molecule has 0 aromatic heterocycles. The average Bonchev–Trinajstić information content (AvgIpc) is 2.68. The van der Waals surface area contributed by atoms with Crippen LogP contribution >= 0.6 is 0 Å². The van der Waals surface area contributed by atoms with E-state index in [1.165, 1.54) is 0 Å². The van der Waals surface area contributed by atoms with Gasteiger partial charge >= 0.3 is 15.5 Å². The monoisotopic (exact) mass is 436 g/mol. The number of benzene rings is 1. The zero-order valence-electron chi connectivity index (χ0n) is 16.3. The lowest BCUT2D eigenvalue weighted by Gasteiger charge is -2.32. The molecule has 0 atom stereocenters. The normalized spacial score (nSPS) is 17.3. The minimum absolute atomic E-state index is 0.155. The molecule has 164 valence electrons. The number of alkyl halides is 3. The first-order chi connectivity index (χ1) is 13.7. The van der Waals surface area contributed by atoms with Crippen LogP contribution in [-0.4, -0.2) is 63.0 Å². The highest BCUT2D eigenvalue weighted by Crippen LogP contribution is 2.28. The second-order valence-electron chi connectivity index (χ2n) is 6.57. The number of aliphatic imine (C=N–C) groups is 1. The Morgan fingerprint density at radius 3 is 2.48 bits per heavy atom. The summed E-state index contributed by atoms with van der Waals surface area (Å²) in [6.45, 7) is 3.50. The molecule has 11 heteroatoms. The molecule has 1 saturated heterocycles. The fourth-order valence-corrected chi connectivity index (χ4v) is 3.87. The predicted molar refractivity (Wildman–Crippen MR) is 105 cm³/mol. The number of hydrogen-bond donors (Lipinski definition) is 2. The lowest BCUT2D eigenvalue weighted by Crippen LogP contribution is -2.51. The van der Waals surface area contributed by atoms with Gasteiger partial charge in [0.1, 0.15) is 0 Å². The Morgan fingerprint density at radius 2 is 1.90 bits per heavy atom.